The number of carbonyl (C=O) groups excluding carboxylic acids is 2. The highest BCUT2D eigenvalue weighted by atomic mass is 16.6. The number of nitrogens with zero attached hydrogens (tertiary/aromatic N) is 4. The third kappa shape index (κ3) is 7.23. The van der Waals surface area contributed by atoms with E-state index >= 15 is 0 Å². The van der Waals surface area contributed by atoms with E-state index in [1.165, 1.54) is 4.90 Å². The molecule has 9 heteroatoms. The predicted molar refractivity (Wildman–Crippen MR) is 135 cm³/mol. The molecule has 1 N–H and O–H groups in total. The summed E-state index contributed by atoms with van der Waals surface area (Å²) in [7, 11) is 0. The van der Waals surface area contributed by atoms with Crippen molar-refractivity contribution in [3.8, 4) is 11.3 Å². The first-order chi connectivity index (χ1) is 16.3. The van der Waals surface area contributed by atoms with Crippen LogP contribution in [0.15, 0.2) is 55.0 Å². The minimum Gasteiger partial charge on any atom is -0.444 e. The summed E-state index contributed by atoms with van der Waals surface area (Å²) >= 11 is 0. The summed E-state index contributed by atoms with van der Waals surface area (Å²) in [5.41, 5.74) is 1.61. The van der Waals surface area contributed by atoms with Gasteiger partial charge in [-0.3, -0.25) is 10.3 Å². The van der Waals surface area contributed by atoms with Crippen molar-refractivity contribution in [1.82, 2.24) is 15.0 Å². The maximum absolute atomic E-state index is 13.4. The molecule has 184 valence electrons. The number of ether oxygens (including phenoxy) is 2. The zero-order chi connectivity index (χ0) is 25.8. The lowest BCUT2D eigenvalue weighted by atomic mass is 10.1. The Bertz CT molecular complexity index is 1200. The lowest BCUT2D eigenvalue weighted by Gasteiger charge is -2.27. The summed E-state index contributed by atoms with van der Waals surface area (Å²) in [5.74, 6) is 0.123. The fourth-order valence-electron chi connectivity index (χ4n) is 3.08. The third-order valence-corrected chi connectivity index (χ3v) is 4.47. The molecule has 2 aromatic heterocycles. The molecule has 2 amide bonds. The molecule has 0 atom stereocenters. The van der Waals surface area contributed by atoms with Gasteiger partial charge in [0.1, 0.15) is 11.2 Å². The van der Waals surface area contributed by atoms with E-state index < -0.39 is 23.4 Å². The van der Waals surface area contributed by atoms with E-state index in [-0.39, 0.29) is 5.95 Å². The van der Waals surface area contributed by atoms with Crippen LogP contribution in [0.1, 0.15) is 47.1 Å². The van der Waals surface area contributed by atoms with E-state index in [9.17, 15) is 9.59 Å². The maximum atomic E-state index is 13.4. The quantitative estimate of drug-likeness (QED) is 0.470. The van der Waals surface area contributed by atoms with Crippen LogP contribution in [-0.4, -0.2) is 38.3 Å². The molecule has 1 aromatic carbocycles. The van der Waals surface area contributed by atoms with Crippen LogP contribution in [0.5, 0.6) is 0 Å². The number of rotatable bonds is 4. The van der Waals surface area contributed by atoms with Crippen LogP contribution < -0.4 is 10.2 Å². The number of nitrogens with one attached hydrogen (secondary N) is 1. The van der Waals surface area contributed by atoms with Crippen molar-refractivity contribution in [1.29, 1.82) is 0 Å². The Balaban J connectivity index is 2.06. The van der Waals surface area contributed by atoms with Gasteiger partial charge in [-0.05, 0) is 84.4 Å². The van der Waals surface area contributed by atoms with E-state index in [1.807, 2.05) is 13.0 Å². The number of aryl methyl sites for hydroxylation is 1. The topological polar surface area (TPSA) is 107 Å². The molecule has 0 aliphatic heterocycles. The number of carbonyl (C=O) groups is 2. The van der Waals surface area contributed by atoms with Crippen molar-refractivity contribution < 1.29 is 19.1 Å². The SMILES string of the molecule is Cc1ccc(NC(=O)OC(C)(C)C)cc1N(C(=O)OC(C)(C)C)c1nccc(-c2cccn[14cH]2)n1. The zero-order valence-corrected chi connectivity index (χ0v) is 21.1. The second-order valence-corrected chi connectivity index (χ2v) is 9.93. The maximum Gasteiger partial charge on any atom is 0.421 e. The molecule has 0 saturated heterocycles. The molecule has 0 radical (unpaired) electrons. The molecule has 3 rings (SSSR count). The Hall–Kier alpha value is -4.01. The normalized spacial score (nSPS) is 11.5. The number of hydrogen-bond donors (Lipinski definition) is 1. The molecule has 0 fully saturated rings. The van der Waals surface area contributed by atoms with E-state index in [4.69, 9.17) is 9.47 Å². The molecule has 0 aliphatic carbocycles. The van der Waals surface area contributed by atoms with Crippen LogP contribution in [0, 0.1) is 6.92 Å². The molecule has 0 unspecified atom stereocenters. The minimum absolute atomic E-state index is 0.123. The molecule has 3 aromatic rings. The number of pyridine rings is 1. The van der Waals surface area contributed by atoms with E-state index in [0.29, 0.717) is 17.1 Å². The Morgan fingerprint density at radius 1 is 0.971 bits per heavy atom. The van der Waals surface area contributed by atoms with Crippen LogP contribution in [0.4, 0.5) is 26.9 Å². The summed E-state index contributed by atoms with van der Waals surface area (Å²) in [6, 6.07) is 10.6. The van der Waals surface area contributed by atoms with Crippen LogP contribution in [0.2, 0.25) is 0 Å². The predicted octanol–water partition coefficient (Wildman–Crippen LogP) is 6.27. The van der Waals surface area contributed by atoms with Gasteiger partial charge in [-0.25, -0.2) is 24.5 Å². The van der Waals surface area contributed by atoms with E-state index in [1.54, 1.807) is 90.5 Å². The fourth-order valence-corrected chi connectivity index (χ4v) is 3.08. The largest absolute Gasteiger partial charge is 0.444 e. The number of amides is 2. The van der Waals surface area contributed by atoms with Crippen molar-refractivity contribution in [2.45, 2.75) is 59.7 Å². The van der Waals surface area contributed by atoms with E-state index in [0.717, 1.165) is 11.1 Å². The van der Waals surface area contributed by atoms with Gasteiger partial charge in [0, 0.05) is 29.8 Å². The monoisotopic (exact) mass is 479 g/mol. The van der Waals surface area contributed by atoms with Crippen molar-refractivity contribution >= 4 is 29.5 Å². The van der Waals surface area contributed by atoms with Crippen LogP contribution in [0.25, 0.3) is 11.3 Å². The minimum atomic E-state index is -0.753. The molecule has 35 heavy (non-hydrogen) atoms. The van der Waals surface area contributed by atoms with Gasteiger partial charge in [0.25, 0.3) is 0 Å². The first kappa shape index (κ1) is 25.6. The second kappa shape index (κ2) is 10.1. The van der Waals surface area contributed by atoms with Gasteiger partial charge in [-0.2, -0.15) is 0 Å². The molecule has 0 spiro atoms. The van der Waals surface area contributed by atoms with Gasteiger partial charge in [0.15, 0.2) is 0 Å². The first-order valence-electron chi connectivity index (χ1n) is 11.2. The van der Waals surface area contributed by atoms with Crippen molar-refractivity contribution in [2.75, 3.05) is 10.2 Å². The van der Waals surface area contributed by atoms with Crippen LogP contribution in [0.3, 0.4) is 0 Å². The molecular weight excluding hydrogens is 448 g/mol. The summed E-state index contributed by atoms with van der Waals surface area (Å²) in [4.78, 5) is 40.1. The Kier molecular flexibility index (Phi) is 7.38. The summed E-state index contributed by atoms with van der Waals surface area (Å²) in [6.07, 6.45) is 3.66. The summed E-state index contributed by atoms with van der Waals surface area (Å²) < 4.78 is 11.0. The van der Waals surface area contributed by atoms with Gasteiger partial charge in [-0.15, -0.1) is 0 Å². The standard InChI is InChI=1S/C26H31N5O4/c1-17-10-11-19(29-23(32)34-25(2,3)4)15-21(17)31(24(33)35-26(5,6)7)22-28-14-12-20(30-22)18-9-8-13-27-16-18/h8-16H,1-7H3,(H,29,32)/i16+2. The van der Waals surface area contributed by atoms with Crippen molar-refractivity contribution in [3.05, 3.63) is 60.6 Å². The number of benzene rings is 1. The van der Waals surface area contributed by atoms with Crippen LogP contribution >= 0.6 is 0 Å². The van der Waals surface area contributed by atoms with Crippen molar-refractivity contribution in [3.63, 3.8) is 0 Å². The molecule has 0 saturated carbocycles. The average molecular weight is 480 g/mol. The molecule has 0 aliphatic rings. The van der Waals surface area contributed by atoms with Gasteiger partial charge in [-0.1, -0.05) is 6.07 Å². The Labute approximate surface area is 205 Å². The smallest absolute Gasteiger partial charge is 0.421 e. The molecule has 2 heterocycles. The van der Waals surface area contributed by atoms with Gasteiger partial charge >= 0.3 is 12.2 Å². The second-order valence-electron chi connectivity index (χ2n) is 9.93. The lowest BCUT2D eigenvalue weighted by molar-refractivity contribution is 0.0594. The highest BCUT2D eigenvalue weighted by Crippen LogP contribution is 2.32. The number of hydrogen-bond acceptors (Lipinski definition) is 7. The highest BCUT2D eigenvalue weighted by Gasteiger charge is 2.29. The summed E-state index contributed by atoms with van der Waals surface area (Å²) in [5, 5.41) is 2.71. The Morgan fingerprint density at radius 3 is 2.31 bits per heavy atom. The van der Waals surface area contributed by atoms with Gasteiger partial charge in [0.05, 0.1) is 11.4 Å². The van der Waals surface area contributed by atoms with Gasteiger partial charge < -0.3 is 9.47 Å². The third-order valence-electron chi connectivity index (χ3n) is 4.47. The van der Waals surface area contributed by atoms with E-state index in [2.05, 4.69) is 20.3 Å². The average Bonchev–Trinajstić information content (AvgIpc) is 2.74. The summed E-state index contributed by atoms with van der Waals surface area (Å²) in [6.45, 7) is 12.5. The number of anilines is 3. The van der Waals surface area contributed by atoms with Gasteiger partial charge in [0.2, 0.25) is 5.95 Å². The highest BCUT2D eigenvalue weighted by molar-refractivity contribution is 5.97. The molecule has 0 bridgehead atoms. The fraction of sp³-hybridized carbons (Fsp3) is 0.346. The number of aromatic nitrogens is 3. The van der Waals surface area contributed by atoms with Crippen molar-refractivity contribution in [2.24, 2.45) is 0 Å². The Morgan fingerprint density at radius 2 is 1.69 bits per heavy atom. The molecule has 9 nitrogen and oxygen atoms in total. The first-order valence-corrected chi connectivity index (χ1v) is 11.2. The molecular formula is C26H31N5O4. The zero-order valence-electron chi connectivity index (χ0n) is 21.1. The lowest BCUT2D eigenvalue weighted by Crippen LogP contribution is -2.35. The van der Waals surface area contributed by atoms with Crippen LogP contribution in [-0.2, 0) is 9.47 Å².